The summed E-state index contributed by atoms with van der Waals surface area (Å²) in [5, 5.41) is 26.6. The van der Waals surface area contributed by atoms with E-state index in [1.54, 1.807) is 72.8 Å². The van der Waals surface area contributed by atoms with E-state index in [9.17, 15) is 27.2 Å². The van der Waals surface area contributed by atoms with Crippen LogP contribution >= 0.6 is 18.8 Å². The molecule has 0 aliphatic heterocycles. The van der Waals surface area contributed by atoms with Crippen LogP contribution in [0.25, 0.3) is 22.5 Å². The molecular formula is C45H34Cl2F4N7O4Pt2-. The number of hydrogen-bond donors (Lipinski definition) is 2. The van der Waals surface area contributed by atoms with Gasteiger partial charge in [0.25, 0.3) is 0 Å². The van der Waals surface area contributed by atoms with Gasteiger partial charge >= 0.3 is 47.3 Å². The first-order valence-corrected chi connectivity index (χ1v) is 23.8. The molecule has 2 N–H and O–H groups in total. The van der Waals surface area contributed by atoms with Crippen molar-refractivity contribution < 1.29 is 74.9 Å². The number of halogens is 6. The summed E-state index contributed by atoms with van der Waals surface area (Å²) in [6, 6.07) is 36.4. The largest absolute Gasteiger partial charge is 0 e. The molecule has 0 aliphatic carbocycles. The minimum Gasteiger partial charge on any atom is 0 e. The first kappa shape index (κ1) is 52.6. The van der Waals surface area contributed by atoms with E-state index in [-0.39, 0.29) is 49.3 Å². The molecule has 0 bridgehead atoms. The SMILES string of the molecule is CC(C)(c1cccc(C(=O)O)n1)c1cccc(-c2[c-]cc(F)nc2F)n1.CC(C)(c1cccc(C(=O)O)n1)c1cccc(-c2ccc(F)nc2F)n1.N#Cc1ccccc1.[Cl][Pt][Cl].[Pt]. The van der Waals surface area contributed by atoms with Crippen LogP contribution in [0.1, 0.15) is 77.0 Å². The van der Waals surface area contributed by atoms with Crippen LogP contribution in [0.15, 0.2) is 121 Å². The second kappa shape index (κ2) is 24.3. The van der Waals surface area contributed by atoms with E-state index in [2.05, 4.69) is 36.0 Å². The predicted octanol–water partition coefficient (Wildman–Crippen LogP) is 10.4. The zero-order valence-electron chi connectivity index (χ0n) is 33.8. The summed E-state index contributed by atoms with van der Waals surface area (Å²) in [5.41, 5.74) is 1.80. The molecule has 7 aromatic rings. The van der Waals surface area contributed by atoms with Gasteiger partial charge in [-0.15, -0.1) is 6.07 Å². The molecule has 64 heavy (non-hydrogen) atoms. The predicted molar refractivity (Wildman–Crippen MR) is 223 cm³/mol. The number of nitrogens with zero attached hydrogens (tertiary/aromatic N) is 7. The van der Waals surface area contributed by atoms with Crippen molar-refractivity contribution in [3.05, 3.63) is 191 Å². The van der Waals surface area contributed by atoms with Crippen LogP contribution in [0.4, 0.5) is 17.6 Å². The second-order valence-corrected chi connectivity index (χ2v) is 17.2. The summed E-state index contributed by atoms with van der Waals surface area (Å²) in [5.74, 6) is -6.06. The molecule has 0 unspecified atom stereocenters. The van der Waals surface area contributed by atoms with Crippen molar-refractivity contribution in [3.63, 3.8) is 0 Å². The Morgan fingerprint density at radius 3 is 1.47 bits per heavy atom. The van der Waals surface area contributed by atoms with Crippen LogP contribution in [0, 0.1) is 41.2 Å². The van der Waals surface area contributed by atoms with E-state index in [4.69, 9.17) is 34.3 Å². The minimum absolute atomic E-state index is 0. The third-order valence-corrected chi connectivity index (χ3v) is 8.99. The van der Waals surface area contributed by atoms with Crippen LogP contribution < -0.4 is 0 Å². The van der Waals surface area contributed by atoms with E-state index >= 15 is 0 Å². The van der Waals surface area contributed by atoms with Crippen LogP contribution in [0.3, 0.4) is 0 Å². The van der Waals surface area contributed by atoms with Crippen molar-refractivity contribution >= 4 is 30.8 Å². The number of pyridine rings is 6. The molecule has 7 rings (SSSR count). The van der Waals surface area contributed by atoms with Crippen molar-refractivity contribution in [3.8, 4) is 28.6 Å². The number of aromatic nitrogens is 6. The topological polar surface area (TPSA) is 176 Å². The van der Waals surface area contributed by atoms with E-state index in [1.807, 2.05) is 52.0 Å². The summed E-state index contributed by atoms with van der Waals surface area (Å²) in [7, 11) is 9.75. The van der Waals surface area contributed by atoms with Gasteiger partial charge in [-0.05, 0) is 100 Å². The monoisotopic (exact) mass is 1270 g/mol. The van der Waals surface area contributed by atoms with Gasteiger partial charge in [-0.25, -0.2) is 28.3 Å². The first-order chi connectivity index (χ1) is 29.9. The van der Waals surface area contributed by atoms with Gasteiger partial charge in [-0.3, -0.25) is 9.97 Å². The van der Waals surface area contributed by atoms with Crippen LogP contribution in [0.2, 0.25) is 0 Å². The molecule has 0 saturated heterocycles. The van der Waals surface area contributed by atoms with Crippen molar-refractivity contribution in [2.24, 2.45) is 0 Å². The van der Waals surface area contributed by atoms with Gasteiger partial charge in [0.15, 0.2) is 0 Å². The van der Waals surface area contributed by atoms with E-state index in [1.165, 1.54) is 18.2 Å². The Morgan fingerprint density at radius 2 is 1.03 bits per heavy atom. The Morgan fingerprint density at radius 1 is 0.594 bits per heavy atom. The smallest absolute Gasteiger partial charge is 0 e. The van der Waals surface area contributed by atoms with Crippen molar-refractivity contribution in [2.45, 2.75) is 38.5 Å². The van der Waals surface area contributed by atoms with Crippen LogP contribution in [-0.4, -0.2) is 52.1 Å². The zero-order chi connectivity index (χ0) is 46.3. The number of carboxylic acids is 2. The maximum absolute atomic E-state index is 14.0. The van der Waals surface area contributed by atoms with Gasteiger partial charge < -0.3 is 15.2 Å². The average Bonchev–Trinajstić information content (AvgIpc) is 3.27. The summed E-state index contributed by atoms with van der Waals surface area (Å²) in [6.07, 6.45) is 0. The number of hydrogen-bond acceptors (Lipinski definition) is 9. The van der Waals surface area contributed by atoms with Gasteiger partial charge in [0, 0.05) is 37.6 Å². The Balaban J connectivity index is 0.000000272. The molecule has 0 aliphatic rings. The van der Waals surface area contributed by atoms with Crippen LogP contribution in [0.5, 0.6) is 0 Å². The molecule has 0 fully saturated rings. The van der Waals surface area contributed by atoms with Gasteiger partial charge in [0.2, 0.25) is 11.9 Å². The quantitative estimate of drug-likeness (QED) is 0.0841. The maximum atomic E-state index is 14.0. The molecule has 0 saturated carbocycles. The van der Waals surface area contributed by atoms with E-state index < -0.39 is 63.0 Å². The first-order valence-electron chi connectivity index (χ1n) is 18.1. The molecule has 19 heteroatoms. The Labute approximate surface area is 396 Å². The molecule has 0 amide bonds. The van der Waals surface area contributed by atoms with Gasteiger partial charge in [0.1, 0.15) is 23.3 Å². The van der Waals surface area contributed by atoms with Gasteiger partial charge in [0.05, 0.1) is 40.0 Å². The van der Waals surface area contributed by atoms with E-state index in [0.29, 0.717) is 34.0 Å². The molecule has 0 atom stereocenters. The fraction of sp³-hybridized carbons (Fsp3) is 0.133. The summed E-state index contributed by atoms with van der Waals surface area (Å²) >= 11 is -0.472. The zero-order valence-corrected chi connectivity index (χ0v) is 39.8. The number of benzene rings is 1. The Kier molecular flexibility index (Phi) is 20.0. The van der Waals surface area contributed by atoms with Crippen LogP contribution in [-0.2, 0) is 48.4 Å². The van der Waals surface area contributed by atoms with Crippen molar-refractivity contribution in [1.82, 2.24) is 29.9 Å². The average molecular weight is 1270 g/mol. The van der Waals surface area contributed by atoms with Gasteiger partial charge in [-0.1, -0.05) is 60.2 Å². The van der Waals surface area contributed by atoms with Crippen molar-refractivity contribution in [1.29, 1.82) is 5.26 Å². The summed E-state index contributed by atoms with van der Waals surface area (Å²) in [6.45, 7) is 7.34. The van der Waals surface area contributed by atoms with Gasteiger partial charge in [-0.2, -0.15) is 19.0 Å². The van der Waals surface area contributed by atoms with E-state index in [0.717, 1.165) is 12.1 Å². The Bertz CT molecular complexity index is 2590. The third kappa shape index (κ3) is 14.1. The maximum Gasteiger partial charge on any atom is 0 e. The molecule has 336 valence electrons. The third-order valence-electron chi connectivity index (χ3n) is 8.99. The normalized spacial score (nSPS) is 10.6. The molecular weight excluding hydrogens is 1240 g/mol. The molecule has 0 spiro atoms. The second-order valence-electron chi connectivity index (χ2n) is 13.9. The number of rotatable bonds is 8. The molecule has 1 aromatic carbocycles. The molecule has 6 heterocycles. The fourth-order valence-corrected chi connectivity index (χ4v) is 5.59. The minimum atomic E-state index is -1.13. The number of carbonyl (C=O) groups is 2. The molecule has 11 nitrogen and oxygen atoms in total. The summed E-state index contributed by atoms with van der Waals surface area (Å²) in [4.78, 5) is 45.9. The number of aromatic carboxylic acids is 2. The van der Waals surface area contributed by atoms with Crippen molar-refractivity contribution in [2.75, 3.05) is 0 Å². The molecule has 6 aromatic heterocycles. The Hall–Kier alpha value is -5.77. The summed E-state index contributed by atoms with van der Waals surface area (Å²) < 4.78 is 53.9. The molecule has 0 radical (unpaired) electrons. The standard InChI is InChI=1S/C19H15F2N3O2.C19H14F2N3O2.C7H5N.2ClH.2Pt/c2*1-19(2,15-8-4-6-13(23-15)18(25)26)14-7-3-5-12(22-14)11-9-10-16(20)24-17(11)21;8-6-7-4-2-1-3-5-7;;;;/h3-10H,1-2H3,(H,25,26);3-8,10H,1-2H3,(H,25,26);1-5H;2*1H;;/q;-1;;;;;+2/p-2. The fourth-order valence-electron chi connectivity index (χ4n) is 5.59. The number of nitriles is 1. The number of carboxylic acid groups (broad SMARTS) is 2.